The fourth-order valence-electron chi connectivity index (χ4n) is 2.89. The average Bonchev–Trinajstić information content (AvgIpc) is 3.38. The molecule has 0 atom stereocenters. The van der Waals surface area contributed by atoms with Crippen LogP contribution in [0.4, 0.5) is 0 Å². The second-order valence-corrected chi connectivity index (χ2v) is 11.0. The minimum absolute atomic E-state index is 0.0602. The van der Waals surface area contributed by atoms with Crippen molar-refractivity contribution < 1.29 is 21.3 Å². The van der Waals surface area contributed by atoms with Gasteiger partial charge in [0.25, 0.3) is 0 Å². The Balaban J connectivity index is 1.90. The van der Waals surface area contributed by atoms with Crippen molar-refractivity contribution in [1.82, 2.24) is 9.97 Å². The van der Waals surface area contributed by atoms with Crippen LogP contribution in [0, 0.1) is 0 Å². The van der Waals surface area contributed by atoms with Crippen LogP contribution in [0.15, 0.2) is 44.7 Å². The summed E-state index contributed by atoms with van der Waals surface area (Å²) in [6.07, 6.45) is 4.84. The average molecular weight is 406 g/mol. The molecule has 0 saturated heterocycles. The summed E-state index contributed by atoms with van der Waals surface area (Å²) in [5, 5.41) is 0. The fraction of sp³-hybridized carbons (Fsp3) is 0.333. The van der Waals surface area contributed by atoms with E-state index in [1.165, 1.54) is 18.2 Å². The van der Waals surface area contributed by atoms with Crippen molar-refractivity contribution in [2.45, 2.75) is 35.5 Å². The number of hydrogen-bond acceptors (Lipinski definition) is 7. The first-order chi connectivity index (χ1) is 12.7. The molecule has 0 unspecified atom stereocenters. The molecule has 0 amide bonds. The van der Waals surface area contributed by atoms with Gasteiger partial charge < -0.3 is 4.42 Å². The normalized spacial score (nSPS) is 15.3. The predicted octanol–water partition coefficient (Wildman–Crippen LogP) is 2.96. The molecule has 0 radical (unpaired) electrons. The van der Waals surface area contributed by atoms with Gasteiger partial charge in [-0.1, -0.05) is 6.92 Å². The predicted molar refractivity (Wildman–Crippen MR) is 100 cm³/mol. The second-order valence-electron chi connectivity index (χ2n) is 6.71. The van der Waals surface area contributed by atoms with Gasteiger partial charge in [0.05, 0.1) is 15.5 Å². The van der Waals surface area contributed by atoms with Crippen molar-refractivity contribution >= 4 is 30.8 Å². The number of pyridine rings is 1. The van der Waals surface area contributed by atoms with Crippen molar-refractivity contribution in [3.8, 4) is 11.6 Å². The Bertz CT molecular complexity index is 1260. The molecule has 2 heterocycles. The monoisotopic (exact) mass is 406 g/mol. The fourth-order valence-corrected chi connectivity index (χ4v) is 4.59. The van der Waals surface area contributed by atoms with Crippen molar-refractivity contribution in [3.63, 3.8) is 0 Å². The van der Waals surface area contributed by atoms with Crippen molar-refractivity contribution in [1.29, 1.82) is 0 Å². The zero-order valence-corrected chi connectivity index (χ0v) is 16.5. The van der Waals surface area contributed by atoms with Gasteiger partial charge in [-0.05, 0) is 48.6 Å². The zero-order valence-electron chi connectivity index (χ0n) is 14.8. The number of rotatable bonds is 5. The topological polar surface area (TPSA) is 107 Å². The minimum atomic E-state index is -3.53. The summed E-state index contributed by atoms with van der Waals surface area (Å²) in [5.74, 6) is 0.358. The summed E-state index contributed by atoms with van der Waals surface area (Å²) in [6, 6.07) is 6.01. The number of hydrogen-bond donors (Lipinski definition) is 0. The Morgan fingerprint density at radius 3 is 2.52 bits per heavy atom. The Labute approximate surface area is 157 Å². The Morgan fingerprint density at radius 2 is 1.89 bits per heavy atom. The number of aromatic nitrogens is 2. The third-order valence-electron chi connectivity index (χ3n) is 4.63. The highest BCUT2D eigenvalue weighted by Gasteiger charge is 2.29. The third-order valence-corrected chi connectivity index (χ3v) is 7.48. The lowest BCUT2D eigenvalue weighted by molar-refractivity contribution is 0.591. The van der Waals surface area contributed by atoms with E-state index >= 15 is 0 Å². The van der Waals surface area contributed by atoms with Crippen LogP contribution < -0.4 is 0 Å². The van der Waals surface area contributed by atoms with Gasteiger partial charge in [-0.25, -0.2) is 26.8 Å². The molecule has 4 rings (SSSR count). The van der Waals surface area contributed by atoms with Gasteiger partial charge in [-0.2, -0.15) is 0 Å². The number of benzene rings is 1. The first-order valence-electron chi connectivity index (χ1n) is 8.53. The van der Waals surface area contributed by atoms with E-state index in [0.717, 1.165) is 24.7 Å². The van der Waals surface area contributed by atoms with Crippen molar-refractivity contribution in [2.24, 2.45) is 0 Å². The van der Waals surface area contributed by atoms with E-state index in [2.05, 4.69) is 9.97 Å². The van der Waals surface area contributed by atoms with E-state index in [1.54, 1.807) is 19.2 Å². The molecule has 27 heavy (non-hydrogen) atoms. The summed E-state index contributed by atoms with van der Waals surface area (Å²) in [4.78, 5) is 8.85. The molecule has 142 valence electrons. The van der Waals surface area contributed by atoms with Gasteiger partial charge in [0.15, 0.2) is 25.3 Å². The van der Waals surface area contributed by atoms with Crippen LogP contribution in [0.5, 0.6) is 0 Å². The number of oxazole rings is 1. The minimum Gasteiger partial charge on any atom is -0.435 e. The van der Waals surface area contributed by atoms with Crippen LogP contribution in [0.3, 0.4) is 0 Å². The maximum atomic E-state index is 12.6. The van der Waals surface area contributed by atoms with Gasteiger partial charge in [0.2, 0.25) is 5.89 Å². The lowest BCUT2D eigenvalue weighted by Crippen LogP contribution is -2.08. The molecule has 9 heteroatoms. The van der Waals surface area contributed by atoms with Gasteiger partial charge in [0.1, 0.15) is 11.2 Å². The highest BCUT2D eigenvalue weighted by molar-refractivity contribution is 7.91. The van der Waals surface area contributed by atoms with Crippen molar-refractivity contribution in [2.75, 3.05) is 12.0 Å². The zero-order chi connectivity index (χ0) is 19.4. The van der Waals surface area contributed by atoms with E-state index in [9.17, 15) is 16.8 Å². The molecule has 1 saturated carbocycles. The second kappa shape index (κ2) is 6.13. The summed E-state index contributed by atoms with van der Waals surface area (Å²) in [6.45, 7) is 1.58. The standard InChI is InChI=1S/C18H18N2O5S2/c1-3-27(23,24)16-8-12(11-4-5-11)10-19-17(16)18-20-14-9-13(26(2,21)22)6-7-15(14)25-18/h6-11H,3-5H2,1-2H3. The molecular formula is C18H18N2O5S2. The van der Waals surface area contributed by atoms with Crippen LogP contribution in [0.25, 0.3) is 22.7 Å². The van der Waals surface area contributed by atoms with E-state index < -0.39 is 19.7 Å². The Hall–Kier alpha value is -2.26. The first-order valence-corrected chi connectivity index (χ1v) is 12.1. The van der Waals surface area contributed by atoms with Crippen LogP contribution in [-0.2, 0) is 19.7 Å². The van der Waals surface area contributed by atoms with Gasteiger partial charge in [-0.15, -0.1) is 0 Å². The molecule has 0 aliphatic heterocycles. The van der Waals surface area contributed by atoms with Gasteiger partial charge in [-0.3, -0.25) is 0 Å². The quantitative estimate of drug-likeness (QED) is 0.641. The van der Waals surface area contributed by atoms with E-state index in [-0.39, 0.29) is 27.1 Å². The molecule has 0 spiro atoms. The lowest BCUT2D eigenvalue weighted by atomic mass is 10.2. The van der Waals surface area contributed by atoms with Crippen LogP contribution in [0.2, 0.25) is 0 Å². The third kappa shape index (κ3) is 3.37. The maximum absolute atomic E-state index is 12.6. The summed E-state index contributed by atoms with van der Waals surface area (Å²) in [7, 11) is -6.92. The van der Waals surface area contributed by atoms with Crippen LogP contribution >= 0.6 is 0 Å². The smallest absolute Gasteiger partial charge is 0.247 e. The largest absolute Gasteiger partial charge is 0.435 e. The SMILES string of the molecule is CCS(=O)(=O)c1cc(C2CC2)cnc1-c1nc2cc(S(C)(=O)=O)ccc2o1. The molecule has 2 aromatic heterocycles. The number of sulfone groups is 2. The summed E-state index contributed by atoms with van der Waals surface area (Å²) >= 11 is 0. The molecule has 0 N–H and O–H groups in total. The van der Waals surface area contributed by atoms with Crippen LogP contribution in [0.1, 0.15) is 31.2 Å². The van der Waals surface area contributed by atoms with E-state index in [4.69, 9.17) is 4.42 Å². The Morgan fingerprint density at radius 1 is 1.15 bits per heavy atom. The first kappa shape index (κ1) is 18.1. The molecule has 1 aliphatic rings. The number of nitrogens with zero attached hydrogens (tertiary/aromatic N) is 2. The molecule has 3 aromatic rings. The molecule has 1 fully saturated rings. The molecule has 7 nitrogen and oxygen atoms in total. The van der Waals surface area contributed by atoms with Crippen LogP contribution in [-0.4, -0.2) is 38.8 Å². The van der Waals surface area contributed by atoms with Gasteiger partial charge >= 0.3 is 0 Å². The maximum Gasteiger partial charge on any atom is 0.247 e. The van der Waals surface area contributed by atoms with E-state index in [1.807, 2.05) is 0 Å². The van der Waals surface area contributed by atoms with E-state index in [0.29, 0.717) is 17.0 Å². The highest BCUT2D eigenvalue weighted by atomic mass is 32.2. The summed E-state index contributed by atoms with van der Waals surface area (Å²) < 4.78 is 54.4. The van der Waals surface area contributed by atoms with Crippen molar-refractivity contribution in [3.05, 3.63) is 36.0 Å². The highest BCUT2D eigenvalue weighted by Crippen LogP contribution is 2.41. The Kier molecular flexibility index (Phi) is 4.12. The number of fused-ring (bicyclic) bond motifs is 1. The molecule has 1 aromatic carbocycles. The summed E-state index contributed by atoms with van der Waals surface area (Å²) in [5.41, 5.74) is 1.76. The van der Waals surface area contributed by atoms with Gasteiger partial charge in [0, 0.05) is 12.5 Å². The molecular weight excluding hydrogens is 388 g/mol. The lowest BCUT2D eigenvalue weighted by Gasteiger charge is -2.08. The molecule has 1 aliphatic carbocycles. The molecule has 0 bridgehead atoms.